The molecule has 0 N–H and O–H groups in total. The summed E-state index contributed by atoms with van der Waals surface area (Å²) in [7, 11) is 1.41. The number of halogens is 1. The number of aromatic nitrogens is 1. The smallest absolute Gasteiger partial charge is 0.337 e. The van der Waals surface area contributed by atoms with E-state index < -0.39 is 0 Å². The van der Waals surface area contributed by atoms with Crippen LogP contribution in [-0.4, -0.2) is 31.3 Å². The molecule has 1 saturated heterocycles. The van der Waals surface area contributed by atoms with E-state index in [4.69, 9.17) is 9.47 Å². The minimum atomic E-state index is -0.301. The summed E-state index contributed by atoms with van der Waals surface area (Å²) in [6, 6.07) is 3.78. The Morgan fingerprint density at radius 2 is 2.20 bits per heavy atom. The number of benzene rings is 1. The maximum Gasteiger partial charge on any atom is 0.337 e. The molecule has 2 heterocycles. The number of ether oxygens (including phenoxy) is 2. The Balaban J connectivity index is 2.13. The standard InChI is InChI=1S/C14H14BrNO3S/c1-18-13(17)9-6-10(8-2-4-19-5-3-8)12-11(7-9)20-14(15)16-12/h6-8H,2-5H2,1H3. The summed E-state index contributed by atoms with van der Waals surface area (Å²) in [6.07, 6.45) is 1.93. The highest BCUT2D eigenvalue weighted by Crippen LogP contribution is 2.36. The topological polar surface area (TPSA) is 48.4 Å². The maximum absolute atomic E-state index is 11.8. The van der Waals surface area contributed by atoms with Crippen molar-refractivity contribution in [3.63, 3.8) is 0 Å². The molecule has 106 valence electrons. The number of methoxy groups -OCH3 is 1. The summed E-state index contributed by atoms with van der Waals surface area (Å²) in [5.74, 6) is 0.0922. The van der Waals surface area contributed by atoms with Gasteiger partial charge in [0.2, 0.25) is 0 Å². The minimum absolute atomic E-state index is 0.301. The van der Waals surface area contributed by atoms with Crippen molar-refractivity contribution in [3.8, 4) is 0 Å². The van der Waals surface area contributed by atoms with Crippen molar-refractivity contribution in [2.45, 2.75) is 18.8 Å². The van der Waals surface area contributed by atoms with Crippen LogP contribution in [0.2, 0.25) is 0 Å². The third-order valence-electron chi connectivity index (χ3n) is 3.58. The number of fused-ring (bicyclic) bond motifs is 1. The van der Waals surface area contributed by atoms with Gasteiger partial charge in [0.15, 0.2) is 3.92 Å². The number of hydrogen-bond acceptors (Lipinski definition) is 5. The minimum Gasteiger partial charge on any atom is -0.465 e. The van der Waals surface area contributed by atoms with E-state index in [-0.39, 0.29) is 5.97 Å². The van der Waals surface area contributed by atoms with Gasteiger partial charge in [-0.3, -0.25) is 0 Å². The summed E-state index contributed by atoms with van der Waals surface area (Å²) >= 11 is 4.97. The molecule has 0 bridgehead atoms. The highest BCUT2D eigenvalue weighted by atomic mass is 79.9. The first-order chi connectivity index (χ1) is 9.69. The molecule has 1 aromatic heterocycles. The first-order valence-electron chi connectivity index (χ1n) is 6.45. The second-order valence-electron chi connectivity index (χ2n) is 4.76. The molecule has 0 amide bonds. The lowest BCUT2D eigenvalue weighted by molar-refractivity contribution is 0.0600. The Morgan fingerprint density at radius 3 is 2.90 bits per heavy atom. The monoisotopic (exact) mass is 355 g/mol. The van der Waals surface area contributed by atoms with Crippen LogP contribution in [0, 0.1) is 0 Å². The summed E-state index contributed by atoms with van der Waals surface area (Å²) in [6.45, 7) is 1.53. The first-order valence-corrected chi connectivity index (χ1v) is 8.06. The second kappa shape index (κ2) is 5.79. The van der Waals surface area contributed by atoms with Gasteiger partial charge in [0, 0.05) is 13.2 Å². The van der Waals surface area contributed by atoms with E-state index in [9.17, 15) is 4.79 Å². The number of carbonyl (C=O) groups excluding carboxylic acids is 1. The molecular formula is C14H14BrNO3S. The van der Waals surface area contributed by atoms with Crippen molar-refractivity contribution < 1.29 is 14.3 Å². The maximum atomic E-state index is 11.8. The molecule has 0 radical (unpaired) electrons. The van der Waals surface area contributed by atoms with Gasteiger partial charge in [-0.05, 0) is 52.4 Å². The van der Waals surface area contributed by atoms with Gasteiger partial charge in [-0.25, -0.2) is 9.78 Å². The Kier molecular flexibility index (Phi) is 4.05. The van der Waals surface area contributed by atoms with Crippen LogP contribution in [0.15, 0.2) is 16.0 Å². The fraction of sp³-hybridized carbons (Fsp3) is 0.429. The summed E-state index contributed by atoms with van der Waals surface area (Å²) in [4.78, 5) is 16.4. The van der Waals surface area contributed by atoms with Crippen molar-refractivity contribution in [2.24, 2.45) is 0 Å². The first kappa shape index (κ1) is 14.0. The third-order valence-corrected chi connectivity index (χ3v) is 5.03. The van der Waals surface area contributed by atoms with Gasteiger partial charge >= 0.3 is 5.97 Å². The molecule has 2 aromatic rings. The van der Waals surface area contributed by atoms with Crippen LogP contribution in [0.4, 0.5) is 0 Å². The van der Waals surface area contributed by atoms with Gasteiger partial charge in [0.1, 0.15) is 0 Å². The number of thiazole rings is 1. The molecule has 0 atom stereocenters. The molecule has 1 aromatic carbocycles. The molecule has 3 rings (SSSR count). The van der Waals surface area contributed by atoms with Gasteiger partial charge < -0.3 is 9.47 Å². The fourth-order valence-electron chi connectivity index (χ4n) is 2.58. The normalized spacial score (nSPS) is 16.5. The number of hydrogen-bond donors (Lipinski definition) is 0. The molecular weight excluding hydrogens is 342 g/mol. The van der Waals surface area contributed by atoms with E-state index in [1.807, 2.05) is 12.1 Å². The van der Waals surface area contributed by atoms with E-state index in [1.54, 1.807) is 0 Å². The lowest BCUT2D eigenvalue weighted by Gasteiger charge is -2.23. The van der Waals surface area contributed by atoms with E-state index in [0.717, 1.165) is 45.8 Å². The highest BCUT2D eigenvalue weighted by Gasteiger charge is 2.22. The van der Waals surface area contributed by atoms with Gasteiger partial charge in [0.05, 0.1) is 22.9 Å². The molecule has 0 saturated carbocycles. The molecule has 1 aliphatic rings. The van der Waals surface area contributed by atoms with Crippen LogP contribution >= 0.6 is 27.3 Å². The number of carbonyl (C=O) groups is 1. The molecule has 0 spiro atoms. The molecule has 20 heavy (non-hydrogen) atoms. The lowest BCUT2D eigenvalue weighted by atomic mass is 9.90. The Morgan fingerprint density at radius 1 is 1.45 bits per heavy atom. The average Bonchev–Trinajstić information content (AvgIpc) is 2.86. The van der Waals surface area contributed by atoms with Crippen LogP contribution in [0.3, 0.4) is 0 Å². The second-order valence-corrected chi connectivity index (χ2v) is 7.06. The van der Waals surface area contributed by atoms with Gasteiger partial charge in [-0.1, -0.05) is 0 Å². The summed E-state index contributed by atoms with van der Waals surface area (Å²) < 4.78 is 12.1. The van der Waals surface area contributed by atoms with Crippen LogP contribution in [0.25, 0.3) is 10.2 Å². The quantitative estimate of drug-likeness (QED) is 0.770. The highest BCUT2D eigenvalue weighted by molar-refractivity contribution is 9.11. The van der Waals surface area contributed by atoms with Crippen LogP contribution in [0.5, 0.6) is 0 Å². The van der Waals surface area contributed by atoms with Crippen molar-refractivity contribution in [3.05, 3.63) is 27.2 Å². The molecule has 1 aliphatic heterocycles. The molecule has 0 unspecified atom stereocenters. The van der Waals surface area contributed by atoms with Crippen LogP contribution in [0.1, 0.15) is 34.7 Å². The molecule has 1 fully saturated rings. The zero-order chi connectivity index (χ0) is 14.1. The van der Waals surface area contributed by atoms with E-state index in [0.29, 0.717) is 11.5 Å². The summed E-state index contributed by atoms with van der Waals surface area (Å²) in [5.41, 5.74) is 2.72. The van der Waals surface area contributed by atoms with Gasteiger partial charge in [-0.15, -0.1) is 11.3 Å². The molecule has 6 heteroatoms. The predicted octanol–water partition coefficient (Wildman–Crippen LogP) is 3.74. The number of rotatable bonds is 2. The van der Waals surface area contributed by atoms with Crippen molar-refractivity contribution in [2.75, 3.05) is 20.3 Å². The largest absolute Gasteiger partial charge is 0.465 e. The van der Waals surface area contributed by atoms with Crippen LogP contribution < -0.4 is 0 Å². The van der Waals surface area contributed by atoms with Crippen molar-refractivity contribution in [1.29, 1.82) is 0 Å². The van der Waals surface area contributed by atoms with Gasteiger partial charge in [-0.2, -0.15) is 0 Å². The van der Waals surface area contributed by atoms with Crippen molar-refractivity contribution in [1.82, 2.24) is 4.98 Å². The Labute approximate surface area is 129 Å². The SMILES string of the molecule is COC(=O)c1cc(C2CCOCC2)c2nc(Br)sc2c1. The van der Waals surface area contributed by atoms with Crippen molar-refractivity contribution >= 4 is 43.5 Å². The zero-order valence-electron chi connectivity index (χ0n) is 11.0. The average molecular weight is 356 g/mol. The van der Waals surface area contributed by atoms with Crippen LogP contribution in [-0.2, 0) is 9.47 Å². The van der Waals surface area contributed by atoms with E-state index in [2.05, 4.69) is 20.9 Å². The Bertz CT molecular complexity index is 649. The number of nitrogens with zero attached hydrogens (tertiary/aromatic N) is 1. The number of esters is 1. The third kappa shape index (κ3) is 2.60. The lowest BCUT2D eigenvalue weighted by Crippen LogP contribution is -2.15. The molecule has 4 nitrogen and oxygen atoms in total. The fourth-order valence-corrected chi connectivity index (χ4v) is 4.05. The van der Waals surface area contributed by atoms with Gasteiger partial charge in [0.25, 0.3) is 0 Å². The molecule has 0 aliphatic carbocycles. The predicted molar refractivity (Wildman–Crippen MR) is 81.5 cm³/mol. The zero-order valence-corrected chi connectivity index (χ0v) is 13.4. The van der Waals surface area contributed by atoms with E-state index >= 15 is 0 Å². The summed E-state index contributed by atoms with van der Waals surface area (Å²) in [5, 5.41) is 0. The van der Waals surface area contributed by atoms with E-state index in [1.165, 1.54) is 18.4 Å². The Hall–Kier alpha value is -0.980.